The van der Waals surface area contributed by atoms with Crippen LogP contribution >= 0.6 is 0 Å². The minimum absolute atomic E-state index is 0.136. The van der Waals surface area contributed by atoms with Crippen LogP contribution in [0.25, 0.3) is 0 Å². The molecule has 0 aliphatic carbocycles. The van der Waals surface area contributed by atoms with Gasteiger partial charge < -0.3 is 10.3 Å². The third-order valence-electron chi connectivity index (χ3n) is 2.32. The Kier molecular flexibility index (Phi) is 4.91. The maximum absolute atomic E-state index is 11.5. The van der Waals surface area contributed by atoms with Crippen molar-refractivity contribution in [3.63, 3.8) is 0 Å². The van der Waals surface area contributed by atoms with Crippen molar-refractivity contribution in [2.75, 3.05) is 13.1 Å². The van der Waals surface area contributed by atoms with E-state index in [2.05, 4.69) is 9.71 Å². The predicted octanol–water partition coefficient (Wildman–Crippen LogP) is -0.460. The lowest BCUT2D eigenvalue weighted by Crippen LogP contribution is -2.37. The number of nitrogens with two attached hydrogens (primary N) is 1. The van der Waals surface area contributed by atoms with Gasteiger partial charge in [0.2, 0.25) is 10.0 Å². The first-order valence-electron chi connectivity index (χ1n) is 5.20. The first-order valence-corrected chi connectivity index (χ1v) is 6.75. The molecule has 0 aliphatic heterocycles. The number of nitrogens with one attached hydrogen (secondary N) is 1. The molecule has 1 aromatic heterocycles. The van der Waals surface area contributed by atoms with Crippen LogP contribution in [-0.2, 0) is 16.6 Å². The molecule has 1 heterocycles. The molecule has 0 aromatic carbocycles. The summed E-state index contributed by atoms with van der Waals surface area (Å²) in [5.74, 6) is 0. The number of rotatable bonds is 7. The van der Waals surface area contributed by atoms with Gasteiger partial charge in [-0.05, 0) is 13.3 Å². The minimum atomic E-state index is -3.25. The molecule has 0 bridgehead atoms. The second-order valence-corrected chi connectivity index (χ2v) is 5.82. The molecule has 6 nitrogen and oxygen atoms in total. The smallest absolute Gasteiger partial charge is 0.215 e. The Bertz CT molecular complexity index is 388. The molecule has 92 valence electrons. The summed E-state index contributed by atoms with van der Waals surface area (Å²) >= 11 is 0. The van der Waals surface area contributed by atoms with E-state index in [9.17, 15) is 8.42 Å². The number of sulfonamides is 1. The van der Waals surface area contributed by atoms with Crippen molar-refractivity contribution in [3.05, 3.63) is 18.7 Å². The van der Waals surface area contributed by atoms with Gasteiger partial charge in [-0.15, -0.1) is 0 Å². The molecular weight excluding hydrogens is 228 g/mol. The average Bonchev–Trinajstić information content (AvgIpc) is 2.76. The van der Waals surface area contributed by atoms with E-state index in [1.54, 1.807) is 19.4 Å². The van der Waals surface area contributed by atoms with Gasteiger partial charge in [0.05, 0.1) is 11.6 Å². The SMILES string of the molecule is CC(CN)S(=O)(=O)NCCCn1ccnc1. The molecule has 3 N–H and O–H groups in total. The molecule has 0 saturated carbocycles. The summed E-state index contributed by atoms with van der Waals surface area (Å²) in [6.45, 7) is 2.90. The quantitative estimate of drug-likeness (QED) is 0.637. The molecule has 1 atom stereocenters. The molecule has 7 heteroatoms. The standard InChI is InChI=1S/C9H18N4O2S/c1-9(7-10)16(14,15)12-3-2-5-13-6-4-11-8-13/h4,6,8-9,12H,2-3,5,7,10H2,1H3. The molecule has 1 rings (SSSR count). The van der Waals surface area contributed by atoms with Crippen LogP contribution in [0.5, 0.6) is 0 Å². The second-order valence-electron chi connectivity index (χ2n) is 3.64. The molecule has 1 aromatic rings. The molecule has 0 fully saturated rings. The molecular formula is C9H18N4O2S. The minimum Gasteiger partial charge on any atom is -0.337 e. The first-order chi connectivity index (χ1) is 7.56. The van der Waals surface area contributed by atoms with Crippen LogP contribution in [0.15, 0.2) is 18.7 Å². The molecule has 0 radical (unpaired) electrons. The van der Waals surface area contributed by atoms with Gasteiger partial charge in [-0.1, -0.05) is 0 Å². The highest BCUT2D eigenvalue weighted by Gasteiger charge is 2.17. The fraction of sp³-hybridized carbons (Fsp3) is 0.667. The highest BCUT2D eigenvalue weighted by atomic mass is 32.2. The largest absolute Gasteiger partial charge is 0.337 e. The lowest BCUT2D eigenvalue weighted by atomic mass is 10.4. The number of imidazole rings is 1. The number of nitrogens with zero attached hydrogens (tertiary/aromatic N) is 2. The average molecular weight is 246 g/mol. The number of aryl methyl sites for hydroxylation is 1. The summed E-state index contributed by atoms with van der Waals surface area (Å²) in [5.41, 5.74) is 5.31. The van der Waals surface area contributed by atoms with E-state index in [1.165, 1.54) is 0 Å². The van der Waals surface area contributed by atoms with Gasteiger partial charge in [-0.2, -0.15) is 0 Å². The summed E-state index contributed by atoms with van der Waals surface area (Å²) in [4.78, 5) is 3.90. The Morgan fingerprint density at radius 3 is 2.88 bits per heavy atom. The topological polar surface area (TPSA) is 90.0 Å². The second kappa shape index (κ2) is 5.97. The van der Waals surface area contributed by atoms with Crippen molar-refractivity contribution in [2.24, 2.45) is 5.73 Å². The molecule has 1 unspecified atom stereocenters. The fourth-order valence-corrected chi connectivity index (χ4v) is 2.13. The summed E-state index contributed by atoms with van der Waals surface area (Å²) in [6, 6.07) is 0. The van der Waals surface area contributed by atoms with E-state index in [-0.39, 0.29) is 6.54 Å². The highest BCUT2D eigenvalue weighted by Crippen LogP contribution is 1.96. The van der Waals surface area contributed by atoms with Gasteiger partial charge >= 0.3 is 0 Å². The monoisotopic (exact) mass is 246 g/mol. The van der Waals surface area contributed by atoms with Crippen LogP contribution in [0.4, 0.5) is 0 Å². The molecule has 0 aliphatic rings. The Morgan fingerprint density at radius 2 is 2.31 bits per heavy atom. The van der Waals surface area contributed by atoms with Crippen molar-refractivity contribution in [1.29, 1.82) is 0 Å². The van der Waals surface area contributed by atoms with E-state index in [4.69, 9.17) is 5.73 Å². The Morgan fingerprint density at radius 1 is 1.56 bits per heavy atom. The van der Waals surface area contributed by atoms with E-state index >= 15 is 0 Å². The van der Waals surface area contributed by atoms with Crippen molar-refractivity contribution in [1.82, 2.24) is 14.3 Å². The van der Waals surface area contributed by atoms with Crippen molar-refractivity contribution in [2.45, 2.75) is 25.1 Å². The zero-order valence-electron chi connectivity index (χ0n) is 9.33. The van der Waals surface area contributed by atoms with Crippen LogP contribution in [-0.4, -0.2) is 36.3 Å². The summed E-state index contributed by atoms with van der Waals surface area (Å²) in [7, 11) is -3.25. The van der Waals surface area contributed by atoms with Crippen LogP contribution in [0, 0.1) is 0 Å². The van der Waals surface area contributed by atoms with Crippen molar-refractivity contribution < 1.29 is 8.42 Å². The molecule has 0 saturated heterocycles. The normalized spacial score (nSPS) is 13.9. The van der Waals surface area contributed by atoms with E-state index < -0.39 is 15.3 Å². The van der Waals surface area contributed by atoms with Crippen LogP contribution < -0.4 is 10.5 Å². The van der Waals surface area contributed by atoms with E-state index in [0.29, 0.717) is 6.54 Å². The van der Waals surface area contributed by atoms with Gasteiger partial charge in [-0.25, -0.2) is 18.1 Å². The molecule has 16 heavy (non-hydrogen) atoms. The van der Waals surface area contributed by atoms with Gasteiger partial charge in [0, 0.05) is 32.0 Å². The van der Waals surface area contributed by atoms with Crippen LogP contribution in [0.3, 0.4) is 0 Å². The summed E-state index contributed by atoms with van der Waals surface area (Å²) < 4.78 is 27.5. The Balaban J connectivity index is 2.25. The maximum Gasteiger partial charge on any atom is 0.215 e. The van der Waals surface area contributed by atoms with Gasteiger partial charge in [-0.3, -0.25) is 0 Å². The third-order valence-corrected chi connectivity index (χ3v) is 4.18. The lowest BCUT2D eigenvalue weighted by Gasteiger charge is -2.11. The lowest BCUT2D eigenvalue weighted by molar-refractivity contribution is 0.559. The maximum atomic E-state index is 11.5. The highest BCUT2D eigenvalue weighted by molar-refractivity contribution is 7.90. The Hall–Kier alpha value is -0.920. The van der Waals surface area contributed by atoms with Gasteiger partial charge in [0.1, 0.15) is 0 Å². The first kappa shape index (κ1) is 13.1. The molecule has 0 spiro atoms. The summed E-state index contributed by atoms with van der Waals surface area (Å²) in [5, 5.41) is -0.541. The number of aromatic nitrogens is 2. The Labute approximate surface area is 95.9 Å². The zero-order valence-corrected chi connectivity index (χ0v) is 10.2. The van der Waals surface area contributed by atoms with E-state index in [1.807, 2.05) is 10.8 Å². The van der Waals surface area contributed by atoms with Gasteiger partial charge in [0.25, 0.3) is 0 Å². The van der Waals surface area contributed by atoms with Crippen LogP contribution in [0.2, 0.25) is 0 Å². The molecule has 0 amide bonds. The van der Waals surface area contributed by atoms with Gasteiger partial charge in [0.15, 0.2) is 0 Å². The number of hydrogen-bond acceptors (Lipinski definition) is 4. The summed E-state index contributed by atoms with van der Waals surface area (Å²) in [6.07, 6.45) is 5.97. The van der Waals surface area contributed by atoms with Crippen LogP contribution in [0.1, 0.15) is 13.3 Å². The van der Waals surface area contributed by atoms with Crippen molar-refractivity contribution in [3.8, 4) is 0 Å². The third kappa shape index (κ3) is 3.92. The zero-order chi connectivity index (χ0) is 12.0. The fourth-order valence-electron chi connectivity index (χ4n) is 1.16. The van der Waals surface area contributed by atoms with E-state index in [0.717, 1.165) is 13.0 Å². The van der Waals surface area contributed by atoms with Crippen molar-refractivity contribution >= 4 is 10.0 Å². The number of hydrogen-bond donors (Lipinski definition) is 2. The predicted molar refractivity (Wildman–Crippen MR) is 62.3 cm³/mol.